The lowest BCUT2D eigenvalue weighted by Crippen LogP contribution is -2.25. The molecule has 308 valence electrons. The molecule has 20 heteroatoms. The lowest BCUT2D eigenvalue weighted by atomic mass is 10.1. The summed E-state index contributed by atoms with van der Waals surface area (Å²) in [5.74, 6) is 2.88. The number of alkyl halides is 3. The number of nitrogen functional groups attached to an aromatic ring is 1. The van der Waals surface area contributed by atoms with Crippen molar-refractivity contribution in [3.8, 4) is 51.9 Å². The molecule has 0 spiro atoms. The third kappa shape index (κ3) is 11.2. The van der Waals surface area contributed by atoms with Gasteiger partial charge in [-0.3, -0.25) is 14.9 Å². The number of rotatable bonds is 12. The normalized spacial score (nSPS) is 12.6. The Morgan fingerprint density at radius 3 is 1.87 bits per heavy atom. The number of likely N-dealkylation sites (tertiary alicyclic amines) is 1. The van der Waals surface area contributed by atoms with Crippen molar-refractivity contribution in [3.63, 3.8) is 0 Å². The van der Waals surface area contributed by atoms with Gasteiger partial charge in [0.2, 0.25) is 12.8 Å². The first kappa shape index (κ1) is 40.9. The molecule has 0 unspecified atom stereocenters. The van der Waals surface area contributed by atoms with Crippen molar-refractivity contribution in [1.82, 2.24) is 35.3 Å². The van der Waals surface area contributed by atoms with E-state index in [1.54, 1.807) is 79.0 Å². The summed E-state index contributed by atoms with van der Waals surface area (Å²) in [6, 6.07) is 21.3. The summed E-state index contributed by atoms with van der Waals surface area (Å²) >= 11 is 5.90. The highest BCUT2D eigenvalue weighted by molar-refractivity contribution is 6.31. The van der Waals surface area contributed by atoms with Crippen molar-refractivity contribution in [3.05, 3.63) is 121 Å². The van der Waals surface area contributed by atoms with Crippen LogP contribution >= 0.6 is 11.6 Å². The predicted molar refractivity (Wildman–Crippen MR) is 213 cm³/mol. The van der Waals surface area contributed by atoms with E-state index in [0.717, 1.165) is 38.1 Å². The SMILES string of the molecule is Nc1ccc(Oc2ccnc(-c3nnco3)c2)cc1.O=C(Nc1ccc(Oc2ccnc(-c3nnco3)c2)cc1)Nc1cc(C(F)(F)F)c(Cl)cc1OCCN1CCCC1. The molecule has 0 bridgehead atoms. The second-order valence-electron chi connectivity index (χ2n) is 12.8. The molecule has 3 aromatic carbocycles. The van der Waals surface area contributed by atoms with E-state index in [-0.39, 0.29) is 23.9 Å². The summed E-state index contributed by atoms with van der Waals surface area (Å²) in [7, 11) is 0. The number of carbonyl (C=O) groups is 1. The van der Waals surface area contributed by atoms with Crippen LogP contribution in [0.1, 0.15) is 18.4 Å². The molecule has 16 nitrogen and oxygen atoms in total. The van der Waals surface area contributed by atoms with Crippen LogP contribution in [0.4, 0.5) is 35.0 Å². The molecule has 8 rings (SSSR count). The van der Waals surface area contributed by atoms with Crippen molar-refractivity contribution in [2.45, 2.75) is 19.0 Å². The van der Waals surface area contributed by atoms with Gasteiger partial charge in [-0.15, -0.1) is 20.4 Å². The number of urea groups is 1. The number of hydrogen-bond donors (Lipinski definition) is 3. The fourth-order valence-electron chi connectivity index (χ4n) is 5.73. The zero-order valence-corrected chi connectivity index (χ0v) is 32.1. The van der Waals surface area contributed by atoms with Gasteiger partial charge < -0.3 is 39.4 Å². The van der Waals surface area contributed by atoms with Crippen LogP contribution in [0.25, 0.3) is 23.2 Å². The Morgan fingerprint density at radius 2 is 1.33 bits per heavy atom. The molecule has 7 aromatic rings. The van der Waals surface area contributed by atoms with Gasteiger partial charge in [0, 0.05) is 48.5 Å². The van der Waals surface area contributed by atoms with E-state index in [9.17, 15) is 18.0 Å². The van der Waals surface area contributed by atoms with Gasteiger partial charge in [-0.25, -0.2) is 4.79 Å². The topological polar surface area (TPSA) is 202 Å². The Bertz CT molecular complexity index is 2470. The molecule has 0 aliphatic carbocycles. The van der Waals surface area contributed by atoms with Gasteiger partial charge in [0.25, 0.3) is 11.8 Å². The number of halogens is 4. The number of nitrogens with one attached hydrogen (secondary N) is 2. The smallest absolute Gasteiger partial charge is 0.417 e. The minimum Gasteiger partial charge on any atom is -0.490 e. The van der Waals surface area contributed by atoms with E-state index >= 15 is 0 Å². The molecule has 1 aliphatic rings. The minimum atomic E-state index is -4.71. The van der Waals surface area contributed by atoms with E-state index < -0.39 is 22.8 Å². The van der Waals surface area contributed by atoms with E-state index in [2.05, 4.69) is 45.9 Å². The monoisotopic (exact) mass is 842 g/mol. The molecule has 60 heavy (non-hydrogen) atoms. The van der Waals surface area contributed by atoms with E-state index in [0.29, 0.717) is 58.2 Å². The van der Waals surface area contributed by atoms with Gasteiger partial charge in [-0.2, -0.15) is 13.2 Å². The predicted octanol–water partition coefficient (Wildman–Crippen LogP) is 9.22. The second-order valence-corrected chi connectivity index (χ2v) is 13.2. The maximum absolute atomic E-state index is 13.5. The number of hydrogen-bond acceptors (Lipinski definition) is 14. The Balaban J connectivity index is 0.000000238. The highest BCUT2D eigenvalue weighted by Gasteiger charge is 2.34. The third-order valence-electron chi connectivity index (χ3n) is 8.57. The summed E-state index contributed by atoms with van der Waals surface area (Å²) in [5.41, 5.74) is 6.43. The van der Waals surface area contributed by atoms with Gasteiger partial charge >= 0.3 is 12.2 Å². The quantitative estimate of drug-likeness (QED) is 0.0983. The van der Waals surface area contributed by atoms with E-state index in [1.165, 1.54) is 19.0 Å². The van der Waals surface area contributed by atoms with Crippen LogP contribution < -0.4 is 30.6 Å². The summed E-state index contributed by atoms with van der Waals surface area (Å²) in [6.07, 6.45) is 3.07. The fraction of sp³-hybridized carbons (Fsp3) is 0.175. The van der Waals surface area contributed by atoms with Gasteiger partial charge in [-0.1, -0.05) is 11.6 Å². The van der Waals surface area contributed by atoms with Crippen molar-refractivity contribution < 1.29 is 41.0 Å². The largest absolute Gasteiger partial charge is 0.490 e. The molecule has 1 aliphatic heterocycles. The lowest BCUT2D eigenvalue weighted by Gasteiger charge is -2.19. The molecular weight excluding hydrogens is 809 g/mol. The van der Waals surface area contributed by atoms with Crippen LogP contribution in [-0.4, -0.2) is 67.5 Å². The molecule has 0 saturated carbocycles. The van der Waals surface area contributed by atoms with Crippen LogP contribution in [0.2, 0.25) is 5.02 Å². The minimum absolute atomic E-state index is 0.0401. The number of pyridine rings is 2. The number of anilines is 3. The van der Waals surface area contributed by atoms with Crippen molar-refractivity contribution in [1.29, 1.82) is 0 Å². The molecule has 0 radical (unpaired) electrons. The average molecular weight is 843 g/mol. The number of nitrogens with zero attached hydrogens (tertiary/aromatic N) is 7. The Morgan fingerprint density at radius 1 is 0.767 bits per heavy atom. The molecule has 1 fully saturated rings. The van der Waals surface area contributed by atoms with Gasteiger partial charge in [0.1, 0.15) is 46.7 Å². The molecule has 0 atom stereocenters. The molecule has 4 aromatic heterocycles. The first-order valence-electron chi connectivity index (χ1n) is 18.2. The third-order valence-corrected chi connectivity index (χ3v) is 8.88. The van der Waals surface area contributed by atoms with E-state index in [1.807, 2.05) is 0 Å². The number of amides is 2. The maximum atomic E-state index is 13.5. The molecule has 2 amide bonds. The van der Waals surface area contributed by atoms with Crippen molar-refractivity contribution in [2.75, 3.05) is 42.6 Å². The highest BCUT2D eigenvalue weighted by Crippen LogP contribution is 2.40. The Kier molecular flexibility index (Phi) is 13.0. The first-order chi connectivity index (χ1) is 29.1. The van der Waals surface area contributed by atoms with Crippen molar-refractivity contribution in [2.24, 2.45) is 0 Å². The number of nitrogens with two attached hydrogens (primary N) is 1. The highest BCUT2D eigenvalue weighted by atomic mass is 35.5. The lowest BCUT2D eigenvalue weighted by molar-refractivity contribution is -0.137. The van der Waals surface area contributed by atoms with Crippen LogP contribution in [0.5, 0.6) is 28.7 Å². The zero-order chi connectivity index (χ0) is 41.9. The van der Waals surface area contributed by atoms with Crippen LogP contribution in [0, 0.1) is 0 Å². The number of benzene rings is 3. The summed E-state index contributed by atoms with van der Waals surface area (Å²) < 4.78 is 68.0. The van der Waals surface area contributed by atoms with Crippen molar-refractivity contribution >= 4 is 34.7 Å². The zero-order valence-electron chi connectivity index (χ0n) is 31.3. The van der Waals surface area contributed by atoms with Crippen LogP contribution in [0.3, 0.4) is 0 Å². The van der Waals surface area contributed by atoms with E-state index in [4.69, 9.17) is 40.4 Å². The standard InChI is InChI=1S/C27H24ClF3N6O4.C13H10N4O2/c28-21-15-24(39-12-11-37-9-1-2-10-37)22(14-20(21)27(29,30)31)35-26(38)34-17-3-5-18(6-4-17)41-19-7-8-32-23(13-19)25-36-33-16-40-25;14-9-1-3-10(4-2-9)19-11-5-6-15-12(7-11)13-17-16-8-18-13/h3-8,13-16H,1-2,9-12H2,(H2,34,35,38);1-8H,14H2. The first-order valence-corrected chi connectivity index (χ1v) is 18.5. The number of ether oxygens (including phenoxy) is 3. The maximum Gasteiger partial charge on any atom is 0.417 e. The molecule has 4 N–H and O–H groups in total. The fourth-order valence-corrected chi connectivity index (χ4v) is 5.99. The van der Waals surface area contributed by atoms with Gasteiger partial charge in [0.15, 0.2) is 0 Å². The van der Waals surface area contributed by atoms with Gasteiger partial charge in [-0.05, 0) is 92.7 Å². The average Bonchev–Trinajstić information content (AvgIpc) is 4.06. The number of aromatic nitrogens is 6. The molecular formula is C40H34ClF3N10O6. The Labute approximate surface area is 344 Å². The Hall–Kier alpha value is -7.25. The molecule has 5 heterocycles. The number of carbonyl (C=O) groups excluding carboxylic acids is 1. The van der Waals surface area contributed by atoms with Crippen LogP contribution in [0.15, 0.2) is 119 Å². The van der Waals surface area contributed by atoms with Gasteiger partial charge in [0.05, 0.1) is 16.3 Å². The molecule has 1 saturated heterocycles. The summed E-state index contributed by atoms with van der Waals surface area (Å²) in [5, 5.41) is 19.3. The summed E-state index contributed by atoms with van der Waals surface area (Å²) in [6.45, 7) is 2.72. The summed E-state index contributed by atoms with van der Waals surface area (Å²) in [4.78, 5) is 23.2. The second kappa shape index (κ2) is 19.0. The van der Waals surface area contributed by atoms with Crippen LogP contribution in [-0.2, 0) is 6.18 Å².